The number of fused-ring (bicyclic) bond motifs is 1. The van der Waals surface area contributed by atoms with Crippen LogP contribution in [0, 0.1) is 18.7 Å². The zero-order valence-electron chi connectivity index (χ0n) is 11.9. The lowest BCUT2D eigenvalue weighted by Crippen LogP contribution is -2.35. The normalized spacial score (nSPS) is 17.4. The lowest BCUT2D eigenvalue weighted by Gasteiger charge is -2.25. The highest BCUT2D eigenvalue weighted by atomic mass is 79.9. The van der Waals surface area contributed by atoms with E-state index in [1.54, 1.807) is 6.07 Å². The molecule has 0 aliphatic carbocycles. The van der Waals surface area contributed by atoms with E-state index in [1.165, 1.54) is 6.07 Å². The molecule has 1 atom stereocenters. The average Bonchev–Trinajstić information content (AvgIpc) is 2.82. The van der Waals surface area contributed by atoms with Crippen molar-refractivity contribution in [2.24, 2.45) is 5.92 Å². The lowest BCUT2D eigenvalue weighted by molar-refractivity contribution is 0.389. The third-order valence-electron chi connectivity index (χ3n) is 3.66. The minimum atomic E-state index is -0.169. The van der Waals surface area contributed by atoms with E-state index in [9.17, 15) is 4.39 Å². The largest absolute Gasteiger partial charge is 0.370 e. The summed E-state index contributed by atoms with van der Waals surface area (Å²) in [6.45, 7) is 5.17. The minimum absolute atomic E-state index is 0.169. The van der Waals surface area contributed by atoms with Crippen LogP contribution < -0.4 is 10.6 Å². The first-order valence-corrected chi connectivity index (χ1v) is 7.84. The number of halogens is 2. The molecule has 4 nitrogen and oxygen atoms in total. The zero-order chi connectivity index (χ0) is 14.8. The van der Waals surface area contributed by atoms with Crippen molar-refractivity contribution in [3.63, 3.8) is 0 Å². The van der Waals surface area contributed by atoms with E-state index < -0.39 is 0 Å². The van der Waals surface area contributed by atoms with Crippen molar-refractivity contribution in [3.8, 4) is 0 Å². The van der Waals surface area contributed by atoms with E-state index >= 15 is 0 Å². The molecule has 0 saturated heterocycles. The van der Waals surface area contributed by atoms with E-state index in [1.807, 2.05) is 17.7 Å². The molecule has 0 fully saturated rings. The first-order valence-electron chi connectivity index (χ1n) is 7.05. The Labute approximate surface area is 131 Å². The molecule has 0 spiro atoms. The van der Waals surface area contributed by atoms with Gasteiger partial charge in [0.25, 0.3) is 0 Å². The first kappa shape index (κ1) is 14.5. The Morgan fingerprint density at radius 2 is 2.33 bits per heavy atom. The van der Waals surface area contributed by atoms with Crippen LogP contribution in [-0.2, 0) is 13.1 Å². The predicted molar refractivity (Wildman–Crippen MR) is 84.8 cm³/mol. The number of benzene rings is 1. The fourth-order valence-electron chi connectivity index (χ4n) is 2.61. The van der Waals surface area contributed by atoms with Crippen LogP contribution in [0.25, 0.3) is 0 Å². The topological polar surface area (TPSA) is 41.9 Å². The zero-order valence-corrected chi connectivity index (χ0v) is 13.5. The SMILES string of the molecule is Cc1cc2n(n1)C[C@@H](CNCc1cc(Br)ccc1F)CN2. The van der Waals surface area contributed by atoms with Gasteiger partial charge >= 0.3 is 0 Å². The molecule has 2 aromatic rings. The molecule has 0 amide bonds. The number of aromatic nitrogens is 2. The summed E-state index contributed by atoms with van der Waals surface area (Å²) in [5.41, 5.74) is 1.71. The van der Waals surface area contributed by atoms with Crippen molar-refractivity contribution in [2.75, 3.05) is 18.4 Å². The van der Waals surface area contributed by atoms with Crippen LogP contribution in [-0.4, -0.2) is 22.9 Å². The van der Waals surface area contributed by atoms with Crippen LogP contribution in [0.2, 0.25) is 0 Å². The number of hydrogen-bond donors (Lipinski definition) is 2. The van der Waals surface area contributed by atoms with E-state index in [2.05, 4.69) is 37.7 Å². The Kier molecular flexibility index (Phi) is 4.26. The van der Waals surface area contributed by atoms with Crippen LogP contribution >= 0.6 is 15.9 Å². The Morgan fingerprint density at radius 3 is 3.19 bits per heavy atom. The van der Waals surface area contributed by atoms with Crippen molar-refractivity contribution in [1.82, 2.24) is 15.1 Å². The molecule has 2 heterocycles. The smallest absolute Gasteiger partial charge is 0.127 e. The molecule has 1 aromatic carbocycles. The Bertz CT molecular complexity index is 641. The van der Waals surface area contributed by atoms with E-state index in [4.69, 9.17) is 0 Å². The van der Waals surface area contributed by atoms with Gasteiger partial charge in [-0.1, -0.05) is 15.9 Å². The van der Waals surface area contributed by atoms with Crippen LogP contribution in [0.5, 0.6) is 0 Å². The van der Waals surface area contributed by atoms with Gasteiger partial charge in [-0.15, -0.1) is 0 Å². The molecule has 0 radical (unpaired) electrons. The maximum absolute atomic E-state index is 13.6. The van der Waals surface area contributed by atoms with Gasteiger partial charge in [0.2, 0.25) is 0 Å². The van der Waals surface area contributed by atoms with Gasteiger partial charge in [-0.05, 0) is 25.1 Å². The molecular weight excluding hydrogens is 335 g/mol. The fourth-order valence-corrected chi connectivity index (χ4v) is 3.02. The van der Waals surface area contributed by atoms with Gasteiger partial charge < -0.3 is 10.6 Å². The molecule has 1 aliphatic heterocycles. The maximum Gasteiger partial charge on any atom is 0.127 e. The summed E-state index contributed by atoms with van der Waals surface area (Å²) in [7, 11) is 0. The van der Waals surface area contributed by atoms with E-state index in [0.29, 0.717) is 18.0 Å². The summed E-state index contributed by atoms with van der Waals surface area (Å²) in [6, 6.07) is 7.07. The number of anilines is 1. The van der Waals surface area contributed by atoms with Gasteiger partial charge in [0.1, 0.15) is 11.6 Å². The molecule has 1 aliphatic rings. The summed E-state index contributed by atoms with van der Waals surface area (Å²) < 4.78 is 16.6. The third-order valence-corrected chi connectivity index (χ3v) is 4.15. The Balaban J connectivity index is 1.53. The summed E-state index contributed by atoms with van der Waals surface area (Å²) >= 11 is 3.37. The third kappa shape index (κ3) is 3.44. The summed E-state index contributed by atoms with van der Waals surface area (Å²) in [6.07, 6.45) is 0. The molecule has 2 N–H and O–H groups in total. The molecule has 1 aromatic heterocycles. The van der Waals surface area contributed by atoms with Crippen LogP contribution in [0.4, 0.5) is 10.2 Å². The Morgan fingerprint density at radius 1 is 1.48 bits per heavy atom. The standard InChI is InChI=1S/C15H18BrFN4/c1-10-4-15-19-7-11(9-21(15)20-10)6-18-8-12-5-13(16)2-3-14(12)17/h2-5,11,18-19H,6-9H2,1H3/t11-/m0/s1. The molecule has 6 heteroatoms. The molecule has 0 saturated carbocycles. The van der Waals surface area contributed by atoms with Crippen molar-refractivity contribution in [3.05, 3.63) is 45.8 Å². The van der Waals surface area contributed by atoms with Crippen molar-refractivity contribution < 1.29 is 4.39 Å². The van der Waals surface area contributed by atoms with E-state index in [-0.39, 0.29) is 5.82 Å². The molecule has 0 bridgehead atoms. The Hall–Kier alpha value is -1.40. The number of nitrogens with zero attached hydrogens (tertiary/aromatic N) is 2. The molecular formula is C15H18BrFN4. The molecule has 21 heavy (non-hydrogen) atoms. The second-order valence-corrected chi connectivity index (χ2v) is 6.38. The second-order valence-electron chi connectivity index (χ2n) is 5.47. The highest BCUT2D eigenvalue weighted by molar-refractivity contribution is 9.10. The van der Waals surface area contributed by atoms with Crippen LogP contribution in [0.3, 0.4) is 0 Å². The average molecular weight is 353 g/mol. The van der Waals surface area contributed by atoms with Gasteiger partial charge in [-0.25, -0.2) is 9.07 Å². The molecule has 3 rings (SSSR count). The lowest BCUT2D eigenvalue weighted by atomic mass is 10.1. The highest BCUT2D eigenvalue weighted by Crippen LogP contribution is 2.18. The summed E-state index contributed by atoms with van der Waals surface area (Å²) in [5.74, 6) is 1.37. The van der Waals surface area contributed by atoms with Crippen LogP contribution in [0.1, 0.15) is 11.3 Å². The van der Waals surface area contributed by atoms with Gasteiger partial charge in [0.15, 0.2) is 0 Å². The molecule has 112 valence electrons. The maximum atomic E-state index is 13.6. The predicted octanol–water partition coefficient (Wildman–Crippen LogP) is 2.92. The van der Waals surface area contributed by atoms with Gasteiger partial charge in [0.05, 0.1) is 5.69 Å². The number of nitrogens with one attached hydrogen (secondary N) is 2. The second kappa shape index (κ2) is 6.15. The first-order chi connectivity index (χ1) is 10.1. The van der Waals surface area contributed by atoms with Crippen LogP contribution in [0.15, 0.2) is 28.7 Å². The summed E-state index contributed by atoms with van der Waals surface area (Å²) in [4.78, 5) is 0. The molecule has 0 unspecified atom stereocenters. The highest BCUT2D eigenvalue weighted by Gasteiger charge is 2.18. The summed E-state index contributed by atoms with van der Waals surface area (Å²) in [5, 5.41) is 11.2. The van der Waals surface area contributed by atoms with Gasteiger partial charge in [-0.3, -0.25) is 0 Å². The minimum Gasteiger partial charge on any atom is -0.370 e. The quantitative estimate of drug-likeness (QED) is 0.888. The number of rotatable bonds is 4. The fraction of sp³-hybridized carbons (Fsp3) is 0.400. The van der Waals surface area contributed by atoms with E-state index in [0.717, 1.165) is 35.6 Å². The van der Waals surface area contributed by atoms with Gasteiger partial charge in [0, 0.05) is 48.2 Å². The number of hydrogen-bond acceptors (Lipinski definition) is 3. The van der Waals surface area contributed by atoms with Crippen molar-refractivity contribution in [1.29, 1.82) is 0 Å². The van der Waals surface area contributed by atoms with Crippen molar-refractivity contribution in [2.45, 2.75) is 20.0 Å². The van der Waals surface area contributed by atoms with Gasteiger partial charge in [-0.2, -0.15) is 5.10 Å². The number of aryl methyl sites for hydroxylation is 1. The monoisotopic (exact) mass is 352 g/mol. The van der Waals surface area contributed by atoms with Crippen molar-refractivity contribution >= 4 is 21.7 Å².